The van der Waals surface area contributed by atoms with Crippen molar-refractivity contribution < 1.29 is 28.2 Å². The highest BCUT2D eigenvalue weighted by Gasteiger charge is 2.06. The number of aldehydes is 1. The monoisotopic (exact) mass is 338 g/mol. The van der Waals surface area contributed by atoms with Gasteiger partial charge in [-0.2, -0.15) is 0 Å². The van der Waals surface area contributed by atoms with Crippen LogP contribution in [0.4, 0.5) is 4.39 Å². The zero-order valence-corrected chi connectivity index (χ0v) is 14.6. The number of ether oxygens (including phenoxy) is 3. The summed E-state index contributed by atoms with van der Waals surface area (Å²) in [5.74, 6) is -0.238. The summed E-state index contributed by atoms with van der Waals surface area (Å²) >= 11 is 0. The Hall–Kier alpha value is -1.09. The van der Waals surface area contributed by atoms with E-state index in [1.807, 2.05) is 20.9 Å². The van der Waals surface area contributed by atoms with Crippen LogP contribution >= 0.6 is 0 Å². The van der Waals surface area contributed by atoms with E-state index >= 15 is 0 Å². The molecule has 23 heavy (non-hydrogen) atoms. The van der Waals surface area contributed by atoms with Gasteiger partial charge in [0.2, 0.25) is 5.91 Å². The van der Waals surface area contributed by atoms with Gasteiger partial charge in [-0.1, -0.05) is 0 Å². The van der Waals surface area contributed by atoms with E-state index in [2.05, 4.69) is 10.6 Å². The highest BCUT2D eigenvalue weighted by molar-refractivity contribution is 5.72. The fourth-order valence-electron chi connectivity index (χ4n) is 1.15. The predicted octanol–water partition coefficient (Wildman–Crippen LogP) is 0.324. The summed E-state index contributed by atoms with van der Waals surface area (Å²) in [6.45, 7) is 7.55. The number of carbonyl (C=O) groups excluding carboxylic acids is 2. The van der Waals surface area contributed by atoms with Gasteiger partial charge in [-0.05, 0) is 20.9 Å². The Morgan fingerprint density at radius 1 is 1.22 bits per heavy atom. The van der Waals surface area contributed by atoms with Crippen LogP contribution in [0, 0.1) is 0 Å². The third-order valence-corrected chi connectivity index (χ3v) is 2.24. The molecule has 0 aromatic heterocycles. The van der Waals surface area contributed by atoms with Crippen molar-refractivity contribution in [1.29, 1.82) is 0 Å². The molecule has 0 radical (unpaired) electrons. The molecular formula is C15H31FN2O5. The van der Waals surface area contributed by atoms with Crippen molar-refractivity contribution >= 4 is 12.2 Å². The quantitative estimate of drug-likeness (QED) is 0.372. The van der Waals surface area contributed by atoms with Gasteiger partial charge in [0.1, 0.15) is 19.1 Å². The zero-order chi connectivity index (χ0) is 17.9. The van der Waals surface area contributed by atoms with Crippen LogP contribution in [-0.4, -0.2) is 77.6 Å². The first kappa shape index (κ1) is 24.2. The third kappa shape index (κ3) is 26.1. The molecule has 138 valence electrons. The van der Waals surface area contributed by atoms with Gasteiger partial charge in [-0.25, -0.2) is 4.39 Å². The summed E-state index contributed by atoms with van der Waals surface area (Å²) in [6, 6.07) is 0. The Morgan fingerprint density at radius 2 is 1.87 bits per heavy atom. The highest BCUT2D eigenvalue weighted by atomic mass is 19.1. The average molecular weight is 338 g/mol. The molecule has 0 saturated carbocycles. The largest absolute Gasteiger partial charge is 0.378 e. The molecule has 0 rings (SSSR count). The summed E-state index contributed by atoms with van der Waals surface area (Å²) in [6.07, 6.45) is -0.244. The lowest BCUT2D eigenvalue weighted by Crippen LogP contribution is -2.30. The maximum atomic E-state index is 13.0. The molecular weight excluding hydrogens is 307 g/mol. The Kier molecular flexibility index (Phi) is 19.9. The summed E-state index contributed by atoms with van der Waals surface area (Å²) in [7, 11) is 1.84. The molecule has 0 aliphatic rings. The first-order valence-corrected chi connectivity index (χ1v) is 7.67. The minimum absolute atomic E-state index is 0.00402. The van der Waals surface area contributed by atoms with Crippen molar-refractivity contribution in [3.05, 3.63) is 0 Å². The van der Waals surface area contributed by atoms with E-state index in [9.17, 15) is 14.0 Å². The van der Waals surface area contributed by atoms with E-state index in [1.165, 1.54) is 6.92 Å². The van der Waals surface area contributed by atoms with Gasteiger partial charge in [-0.15, -0.1) is 0 Å². The van der Waals surface area contributed by atoms with E-state index in [1.54, 1.807) is 0 Å². The number of hydrogen-bond acceptors (Lipinski definition) is 6. The Bertz CT molecular complexity index is 281. The van der Waals surface area contributed by atoms with E-state index in [-0.39, 0.29) is 31.8 Å². The molecule has 0 saturated heterocycles. The van der Waals surface area contributed by atoms with Crippen LogP contribution < -0.4 is 10.6 Å². The molecule has 0 bridgehead atoms. The van der Waals surface area contributed by atoms with Crippen molar-refractivity contribution in [2.24, 2.45) is 0 Å². The number of amides is 1. The van der Waals surface area contributed by atoms with E-state index in [4.69, 9.17) is 14.2 Å². The minimum Gasteiger partial charge on any atom is -0.378 e. The molecule has 0 fully saturated rings. The Balaban J connectivity index is 0. The lowest BCUT2D eigenvalue weighted by atomic mass is 10.4. The van der Waals surface area contributed by atoms with Crippen molar-refractivity contribution in [3.8, 4) is 0 Å². The lowest BCUT2D eigenvalue weighted by Gasteiger charge is -2.09. The van der Waals surface area contributed by atoms with Gasteiger partial charge >= 0.3 is 0 Å². The van der Waals surface area contributed by atoms with Gasteiger partial charge in [0, 0.05) is 13.5 Å². The smallest absolute Gasteiger partial charge is 0.216 e. The summed E-state index contributed by atoms with van der Waals surface area (Å²) < 4.78 is 28.0. The van der Waals surface area contributed by atoms with Crippen LogP contribution in [0.25, 0.3) is 0 Å². The number of hydrogen-bond donors (Lipinski definition) is 2. The van der Waals surface area contributed by atoms with Crippen LogP contribution in [0.5, 0.6) is 0 Å². The molecule has 0 spiro atoms. The third-order valence-electron chi connectivity index (χ3n) is 2.24. The first-order valence-electron chi connectivity index (χ1n) is 7.67. The van der Waals surface area contributed by atoms with Crippen LogP contribution in [0.1, 0.15) is 20.8 Å². The van der Waals surface area contributed by atoms with E-state index in [0.717, 1.165) is 12.8 Å². The fraction of sp³-hybridized carbons (Fsp3) is 0.867. The van der Waals surface area contributed by atoms with Gasteiger partial charge in [0.05, 0.1) is 39.1 Å². The van der Waals surface area contributed by atoms with E-state index in [0.29, 0.717) is 19.8 Å². The molecule has 1 atom stereocenters. The summed E-state index contributed by atoms with van der Waals surface area (Å²) in [4.78, 5) is 20.1. The second-order valence-electron chi connectivity index (χ2n) is 4.87. The standard InChI is InChI=1S/C10H21FN2O3.C5H10O2/c1-9(14)13-7-10(11)8-16-6-5-15-4-3-12-2;1-5(2)7-4-3-6/h10,12H,3-8H2,1-2H3,(H,13,14);3,5H,4H2,1-2H3. The maximum absolute atomic E-state index is 13.0. The fourth-order valence-corrected chi connectivity index (χ4v) is 1.15. The van der Waals surface area contributed by atoms with Gasteiger partial charge in [0.15, 0.2) is 0 Å². The predicted molar refractivity (Wildman–Crippen MR) is 86.3 cm³/mol. The number of carbonyl (C=O) groups is 2. The highest BCUT2D eigenvalue weighted by Crippen LogP contribution is 1.90. The summed E-state index contributed by atoms with van der Waals surface area (Å²) in [5.41, 5.74) is 0. The van der Waals surface area contributed by atoms with Crippen LogP contribution in [0.15, 0.2) is 0 Å². The van der Waals surface area contributed by atoms with Crippen LogP contribution in [0.3, 0.4) is 0 Å². The molecule has 7 nitrogen and oxygen atoms in total. The summed E-state index contributed by atoms with van der Waals surface area (Å²) in [5, 5.41) is 5.32. The number of likely N-dealkylation sites (N-methyl/N-ethyl adjacent to an activating group) is 1. The van der Waals surface area contributed by atoms with Gasteiger partial charge < -0.3 is 29.6 Å². The first-order chi connectivity index (χ1) is 10.9. The molecule has 1 amide bonds. The molecule has 2 N–H and O–H groups in total. The minimum atomic E-state index is -1.17. The SMILES string of the molecule is CC(C)OCC=O.CNCCOCCOCC(F)CNC(C)=O. The molecule has 0 aromatic carbocycles. The van der Waals surface area contributed by atoms with Crippen LogP contribution in [-0.2, 0) is 23.8 Å². The number of alkyl halides is 1. The Labute approximate surface area is 138 Å². The molecule has 0 aromatic rings. The van der Waals surface area contributed by atoms with Crippen molar-refractivity contribution in [1.82, 2.24) is 10.6 Å². The second-order valence-corrected chi connectivity index (χ2v) is 4.87. The topological polar surface area (TPSA) is 85.9 Å². The van der Waals surface area contributed by atoms with Gasteiger partial charge in [-0.3, -0.25) is 4.79 Å². The van der Waals surface area contributed by atoms with Crippen molar-refractivity contribution in [2.45, 2.75) is 33.0 Å². The van der Waals surface area contributed by atoms with E-state index < -0.39 is 6.17 Å². The average Bonchev–Trinajstić information content (AvgIpc) is 2.50. The molecule has 8 heteroatoms. The maximum Gasteiger partial charge on any atom is 0.216 e. The van der Waals surface area contributed by atoms with Crippen LogP contribution in [0.2, 0.25) is 0 Å². The molecule has 1 unspecified atom stereocenters. The number of rotatable bonds is 13. The number of nitrogens with one attached hydrogen (secondary N) is 2. The zero-order valence-electron chi connectivity index (χ0n) is 14.6. The molecule has 0 aliphatic heterocycles. The molecule has 0 aliphatic carbocycles. The Morgan fingerprint density at radius 3 is 2.35 bits per heavy atom. The second kappa shape index (κ2) is 19.0. The molecule has 0 heterocycles. The van der Waals surface area contributed by atoms with Crippen molar-refractivity contribution in [2.75, 3.05) is 53.2 Å². The lowest BCUT2D eigenvalue weighted by molar-refractivity contribution is -0.119. The van der Waals surface area contributed by atoms with Gasteiger partial charge in [0.25, 0.3) is 0 Å². The van der Waals surface area contributed by atoms with Crippen molar-refractivity contribution in [3.63, 3.8) is 0 Å². The number of halogens is 1. The normalized spacial score (nSPS) is 11.6.